The van der Waals surface area contributed by atoms with Gasteiger partial charge >= 0.3 is 0 Å². The number of aromatic nitrogens is 2. The molecule has 2 N–H and O–H groups in total. The minimum Gasteiger partial charge on any atom is -0.321 e. The van der Waals surface area contributed by atoms with Crippen molar-refractivity contribution in [3.8, 4) is 0 Å². The van der Waals surface area contributed by atoms with Crippen LogP contribution in [0.15, 0.2) is 30.3 Å². The molecular formula is C17H25N3. The highest BCUT2D eigenvalue weighted by atomic mass is 15.3. The summed E-state index contributed by atoms with van der Waals surface area (Å²) in [6.07, 6.45) is 1.77. The van der Waals surface area contributed by atoms with Crippen LogP contribution in [0.3, 0.4) is 0 Å². The van der Waals surface area contributed by atoms with Crippen molar-refractivity contribution in [1.29, 1.82) is 0 Å². The zero-order valence-electron chi connectivity index (χ0n) is 13.0. The minimum atomic E-state index is -0.369. The van der Waals surface area contributed by atoms with Crippen molar-refractivity contribution in [2.75, 3.05) is 0 Å². The molecule has 0 radical (unpaired) electrons. The monoisotopic (exact) mass is 271 g/mol. The Labute approximate surface area is 121 Å². The Hall–Kier alpha value is -1.61. The Morgan fingerprint density at radius 2 is 1.85 bits per heavy atom. The highest BCUT2D eigenvalue weighted by Crippen LogP contribution is 2.23. The summed E-state index contributed by atoms with van der Waals surface area (Å²) in [6, 6.07) is 10.7. The Morgan fingerprint density at radius 1 is 1.20 bits per heavy atom. The maximum atomic E-state index is 6.55. The molecule has 1 aromatic heterocycles. The van der Waals surface area contributed by atoms with Crippen LogP contribution in [0.4, 0.5) is 0 Å². The molecule has 3 heteroatoms. The third kappa shape index (κ3) is 3.10. The van der Waals surface area contributed by atoms with Crippen molar-refractivity contribution >= 4 is 0 Å². The summed E-state index contributed by atoms with van der Waals surface area (Å²) in [6.45, 7) is 9.33. The van der Waals surface area contributed by atoms with Gasteiger partial charge in [0.15, 0.2) is 0 Å². The predicted octanol–water partition coefficient (Wildman–Crippen LogP) is 3.19. The van der Waals surface area contributed by atoms with Crippen molar-refractivity contribution < 1.29 is 0 Å². The number of benzene rings is 1. The molecule has 20 heavy (non-hydrogen) atoms. The summed E-state index contributed by atoms with van der Waals surface area (Å²) in [7, 11) is 0. The highest BCUT2D eigenvalue weighted by Gasteiger charge is 2.23. The largest absolute Gasteiger partial charge is 0.321 e. The first-order valence-corrected chi connectivity index (χ1v) is 7.38. The van der Waals surface area contributed by atoms with Gasteiger partial charge in [0.05, 0.1) is 5.69 Å². The molecule has 1 heterocycles. The fourth-order valence-corrected chi connectivity index (χ4v) is 2.52. The maximum Gasteiger partial charge on any atom is 0.0624 e. The topological polar surface area (TPSA) is 43.8 Å². The Kier molecular flexibility index (Phi) is 4.29. The molecule has 2 rings (SSSR count). The number of nitrogens with zero attached hydrogens (tertiary/aromatic N) is 2. The molecule has 1 unspecified atom stereocenters. The quantitative estimate of drug-likeness (QED) is 0.907. The van der Waals surface area contributed by atoms with E-state index in [1.807, 2.05) is 0 Å². The first kappa shape index (κ1) is 14.8. The third-order valence-corrected chi connectivity index (χ3v) is 3.84. The van der Waals surface area contributed by atoms with E-state index >= 15 is 0 Å². The summed E-state index contributed by atoms with van der Waals surface area (Å²) >= 11 is 0. The minimum absolute atomic E-state index is 0.369. The van der Waals surface area contributed by atoms with Crippen LogP contribution in [-0.4, -0.2) is 9.78 Å². The molecule has 1 aromatic carbocycles. The Bertz CT molecular complexity index is 564. The van der Waals surface area contributed by atoms with Crippen LogP contribution in [0, 0.1) is 6.92 Å². The van der Waals surface area contributed by atoms with Gasteiger partial charge in [0.25, 0.3) is 0 Å². The number of nitrogens with two attached hydrogens (primary N) is 1. The predicted molar refractivity (Wildman–Crippen MR) is 83.7 cm³/mol. The van der Waals surface area contributed by atoms with Crippen molar-refractivity contribution in [1.82, 2.24) is 9.78 Å². The molecule has 0 saturated carbocycles. The zero-order valence-corrected chi connectivity index (χ0v) is 13.0. The average molecular weight is 271 g/mol. The molecule has 0 aliphatic rings. The molecule has 0 fully saturated rings. The van der Waals surface area contributed by atoms with Gasteiger partial charge in [-0.05, 0) is 38.8 Å². The van der Waals surface area contributed by atoms with E-state index in [0.717, 1.165) is 25.1 Å². The van der Waals surface area contributed by atoms with E-state index in [9.17, 15) is 0 Å². The second kappa shape index (κ2) is 5.80. The van der Waals surface area contributed by atoms with E-state index < -0.39 is 0 Å². The second-order valence-corrected chi connectivity index (χ2v) is 5.76. The van der Waals surface area contributed by atoms with Gasteiger partial charge < -0.3 is 5.73 Å². The van der Waals surface area contributed by atoms with E-state index in [0.29, 0.717) is 0 Å². The molecule has 1 atom stereocenters. The molecule has 0 spiro atoms. The Morgan fingerprint density at radius 3 is 2.40 bits per heavy atom. The van der Waals surface area contributed by atoms with E-state index in [2.05, 4.69) is 67.8 Å². The fourth-order valence-electron chi connectivity index (χ4n) is 2.52. The smallest absolute Gasteiger partial charge is 0.0624 e. The normalized spacial score (nSPS) is 14.2. The molecule has 0 saturated heterocycles. The van der Waals surface area contributed by atoms with Crippen LogP contribution in [0.2, 0.25) is 0 Å². The molecule has 0 bridgehead atoms. The van der Waals surface area contributed by atoms with Crippen LogP contribution in [0.1, 0.15) is 43.3 Å². The van der Waals surface area contributed by atoms with Crippen molar-refractivity contribution in [3.63, 3.8) is 0 Å². The maximum absolute atomic E-state index is 6.55. The van der Waals surface area contributed by atoms with Gasteiger partial charge in [-0.2, -0.15) is 5.10 Å². The van der Waals surface area contributed by atoms with Crippen molar-refractivity contribution in [2.45, 2.75) is 52.6 Å². The lowest BCUT2D eigenvalue weighted by Gasteiger charge is -2.25. The van der Waals surface area contributed by atoms with Crippen LogP contribution in [-0.2, 0) is 24.9 Å². The second-order valence-electron chi connectivity index (χ2n) is 5.76. The molecular weight excluding hydrogens is 246 g/mol. The van der Waals surface area contributed by atoms with E-state index in [1.54, 1.807) is 0 Å². The molecule has 2 aromatic rings. The van der Waals surface area contributed by atoms with Crippen LogP contribution < -0.4 is 5.73 Å². The molecule has 0 aliphatic carbocycles. The summed E-state index contributed by atoms with van der Waals surface area (Å²) in [5.41, 5.74) is 11.0. The standard InChI is InChI=1S/C17H25N3/c1-5-15-11-16(20(6-2)19-15)12-17(4,18)14-9-7-13(3)8-10-14/h7-11H,5-6,12,18H2,1-4H3. The summed E-state index contributed by atoms with van der Waals surface area (Å²) in [4.78, 5) is 0. The first-order chi connectivity index (χ1) is 9.46. The number of hydrogen-bond donors (Lipinski definition) is 1. The zero-order chi connectivity index (χ0) is 14.8. The van der Waals surface area contributed by atoms with Gasteiger partial charge in [-0.15, -0.1) is 0 Å². The van der Waals surface area contributed by atoms with E-state index in [4.69, 9.17) is 5.73 Å². The van der Waals surface area contributed by atoms with Gasteiger partial charge in [-0.1, -0.05) is 36.8 Å². The van der Waals surface area contributed by atoms with E-state index in [-0.39, 0.29) is 5.54 Å². The van der Waals surface area contributed by atoms with Crippen molar-refractivity contribution in [3.05, 3.63) is 52.8 Å². The van der Waals surface area contributed by atoms with Gasteiger partial charge in [-0.25, -0.2) is 0 Å². The number of aryl methyl sites for hydroxylation is 3. The van der Waals surface area contributed by atoms with Gasteiger partial charge in [0, 0.05) is 24.2 Å². The van der Waals surface area contributed by atoms with Gasteiger partial charge in [0.2, 0.25) is 0 Å². The summed E-state index contributed by atoms with van der Waals surface area (Å²) in [5, 5.41) is 4.60. The number of rotatable bonds is 5. The SMILES string of the molecule is CCc1cc(CC(C)(N)c2ccc(C)cc2)n(CC)n1. The van der Waals surface area contributed by atoms with Gasteiger partial charge in [-0.3, -0.25) is 4.68 Å². The lowest BCUT2D eigenvalue weighted by molar-refractivity contribution is 0.463. The van der Waals surface area contributed by atoms with E-state index in [1.165, 1.54) is 16.8 Å². The molecule has 0 amide bonds. The fraction of sp³-hybridized carbons (Fsp3) is 0.471. The lowest BCUT2D eigenvalue weighted by atomic mass is 9.88. The van der Waals surface area contributed by atoms with Crippen molar-refractivity contribution in [2.24, 2.45) is 5.73 Å². The molecule has 0 aliphatic heterocycles. The summed E-state index contributed by atoms with van der Waals surface area (Å²) in [5.74, 6) is 0. The van der Waals surface area contributed by atoms with Crippen LogP contribution >= 0.6 is 0 Å². The third-order valence-electron chi connectivity index (χ3n) is 3.84. The highest BCUT2D eigenvalue weighted by molar-refractivity contribution is 5.29. The molecule has 108 valence electrons. The first-order valence-electron chi connectivity index (χ1n) is 7.38. The summed E-state index contributed by atoms with van der Waals surface area (Å²) < 4.78 is 2.07. The Balaban J connectivity index is 2.27. The van der Waals surface area contributed by atoms with Gasteiger partial charge in [0.1, 0.15) is 0 Å². The van der Waals surface area contributed by atoms with Crippen LogP contribution in [0.25, 0.3) is 0 Å². The number of hydrogen-bond acceptors (Lipinski definition) is 2. The molecule has 3 nitrogen and oxygen atoms in total. The van der Waals surface area contributed by atoms with Crippen LogP contribution in [0.5, 0.6) is 0 Å². The average Bonchev–Trinajstić information content (AvgIpc) is 2.80. The lowest BCUT2D eigenvalue weighted by Crippen LogP contribution is -2.36.